The lowest BCUT2D eigenvalue weighted by Crippen LogP contribution is -2.10. The fourth-order valence-corrected chi connectivity index (χ4v) is 3.03. The van der Waals surface area contributed by atoms with Gasteiger partial charge < -0.3 is 30.6 Å². The predicted molar refractivity (Wildman–Crippen MR) is 120 cm³/mol. The van der Waals surface area contributed by atoms with Gasteiger partial charge in [-0.15, -0.1) is 0 Å². The highest BCUT2D eigenvalue weighted by Gasteiger charge is 2.17. The van der Waals surface area contributed by atoms with Gasteiger partial charge in [-0.1, -0.05) is 23.7 Å². The molecule has 0 fully saturated rings. The number of hydrogen-bond acceptors (Lipinski definition) is 9. The second-order valence-corrected chi connectivity index (χ2v) is 6.59. The molecule has 9 nitrogen and oxygen atoms in total. The van der Waals surface area contributed by atoms with Gasteiger partial charge in [-0.2, -0.15) is 0 Å². The van der Waals surface area contributed by atoms with Crippen molar-refractivity contribution in [2.24, 2.45) is 0 Å². The Morgan fingerprint density at radius 1 is 1.03 bits per heavy atom. The van der Waals surface area contributed by atoms with Crippen molar-refractivity contribution in [3.8, 4) is 11.5 Å². The van der Waals surface area contributed by atoms with Gasteiger partial charge in [0.2, 0.25) is 0 Å². The molecule has 2 aromatic carbocycles. The highest BCUT2D eigenvalue weighted by Crippen LogP contribution is 2.38. The zero-order chi connectivity index (χ0) is 22.4. The van der Waals surface area contributed by atoms with E-state index in [9.17, 15) is 4.79 Å². The molecule has 0 saturated carbocycles. The molecule has 0 aliphatic carbocycles. The SMILES string of the molecule is CCOC(=O)c1ccccc1Nc1ncnc(Nc2cc(Cl)c(OC)cc2OC)c1N. The molecule has 0 aliphatic rings. The number of methoxy groups -OCH3 is 2. The number of carbonyl (C=O) groups is 1. The monoisotopic (exact) mass is 443 g/mol. The normalized spacial score (nSPS) is 10.3. The van der Waals surface area contributed by atoms with E-state index < -0.39 is 5.97 Å². The van der Waals surface area contributed by atoms with E-state index in [1.165, 1.54) is 20.5 Å². The van der Waals surface area contributed by atoms with Crippen LogP contribution in [0, 0.1) is 0 Å². The Labute approximate surface area is 184 Å². The van der Waals surface area contributed by atoms with Crippen molar-refractivity contribution in [3.63, 3.8) is 0 Å². The Bertz CT molecular complexity index is 1090. The number of carbonyl (C=O) groups excluding carboxylic acids is 1. The van der Waals surface area contributed by atoms with Crippen LogP contribution in [0.25, 0.3) is 0 Å². The number of para-hydroxylation sites is 1. The van der Waals surface area contributed by atoms with E-state index in [4.69, 9.17) is 31.5 Å². The summed E-state index contributed by atoms with van der Waals surface area (Å²) in [6.07, 6.45) is 1.34. The minimum absolute atomic E-state index is 0.232. The summed E-state index contributed by atoms with van der Waals surface area (Å²) in [5, 5.41) is 6.55. The van der Waals surface area contributed by atoms with E-state index in [1.54, 1.807) is 43.3 Å². The topological polar surface area (TPSA) is 121 Å². The molecular weight excluding hydrogens is 422 g/mol. The summed E-state index contributed by atoms with van der Waals surface area (Å²) >= 11 is 6.24. The van der Waals surface area contributed by atoms with Crippen molar-refractivity contribution in [1.29, 1.82) is 0 Å². The van der Waals surface area contributed by atoms with Crippen LogP contribution >= 0.6 is 11.6 Å². The van der Waals surface area contributed by atoms with Gasteiger partial charge in [0.15, 0.2) is 11.6 Å². The summed E-state index contributed by atoms with van der Waals surface area (Å²) in [6, 6.07) is 10.2. The molecular formula is C21H22ClN5O4. The third-order valence-corrected chi connectivity index (χ3v) is 4.58. The van der Waals surface area contributed by atoms with Crippen molar-refractivity contribution >= 4 is 46.3 Å². The molecule has 0 radical (unpaired) electrons. The third kappa shape index (κ3) is 4.89. The number of rotatable bonds is 8. The van der Waals surface area contributed by atoms with Crippen LogP contribution in [-0.4, -0.2) is 36.8 Å². The number of nitrogens with one attached hydrogen (secondary N) is 2. The molecule has 162 valence electrons. The summed E-state index contributed by atoms with van der Waals surface area (Å²) in [7, 11) is 3.04. The zero-order valence-corrected chi connectivity index (χ0v) is 18.0. The number of hydrogen-bond donors (Lipinski definition) is 3. The first kappa shape index (κ1) is 22.0. The van der Waals surface area contributed by atoms with Crippen molar-refractivity contribution in [2.75, 3.05) is 37.2 Å². The molecule has 0 bridgehead atoms. The summed E-state index contributed by atoms with van der Waals surface area (Å²) in [5.74, 6) is 1.15. The van der Waals surface area contributed by atoms with Crippen LogP contribution in [0.3, 0.4) is 0 Å². The molecule has 0 aliphatic heterocycles. The maximum absolute atomic E-state index is 12.2. The Balaban J connectivity index is 1.92. The van der Waals surface area contributed by atoms with Crippen molar-refractivity contribution < 1.29 is 19.0 Å². The maximum atomic E-state index is 12.2. The van der Waals surface area contributed by atoms with Crippen LogP contribution in [0.5, 0.6) is 11.5 Å². The lowest BCUT2D eigenvalue weighted by Gasteiger charge is -2.16. The maximum Gasteiger partial charge on any atom is 0.340 e. The summed E-state index contributed by atoms with van der Waals surface area (Å²) in [4.78, 5) is 20.6. The first-order valence-corrected chi connectivity index (χ1v) is 9.68. The second-order valence-electron chi connectivity index (χ2n) is 6.19. The Morgan fingerprint density at radius 3 is 2.32 bits per heavy atom. The lowest BCUT2D eigenvalue weighted by molar-refractivity contribution is 0.0527. The number of ether oxygens (including phenoxy) is 3. The van der Waals surface area contributed by atoms with Crippen molar-refractivity contribution in [3.05, 3.63) is 53.3 Å². The number of halogens is 1. The van der Waals surface area contributed by atoms with Gasteiger partial charge in [0, 0.05) is 6.07 Å². The number of aromatic nitrogens is 2. The molecule has 0 atom stereocenters. The quantitative estimate of drug-likeness (QED) is 0.435. The summed E-state index contributed by atoms with van der Waals surface area (Å²) in [5.41, 5.74) is 7.92. The minimum atomic E-state index is -0.450. The second kappa shape index (κ2) is 9.86. The molecule has 1 heterocycles. The number of nitrogens with zero attached hydrogens (tertiary/aromatic N) is 2. The number of anilines is 5. The molecule has 3 aromatic rings. The van der Waals surface area contributed by atoms with E-state index in [0.29, 0.717) is 45.1 Å². The van der Waals surface area contributed by atoms with Gasteiger partial charge in [0.05, 0.1) is 42.8 Å². The standard InChI is InChI=1S/C21H22ClN5O4/c1-4-31-21(28)12-7-5-6-8-14(12)26-19-18(23)20(25-11-24-19)27-15-9-13(22)16(29-2)10-17(15)30-3/h5-11H,4,23H2,1-3H3,(H2,24,25,26,27). The largest absolute Gasteiger partial charge is 0.495 e. The number of nitrogens with two attached hydrogens (primary N) is 1. The van der Waals surface area contributed by atoms with Gasteiger partial charge in [-0.3, -0.25) is 0 Å². The van der Waals surface area contributed by atoms with Crippen LogP contribution < -0.4 is 25.8 Å². The number of benzene rings is 2. The Morgan fingerprint density at radius 2 is 1.68 bits per heavy atom. The third-order valence-electron chi connectivity index (χ3n) is 4.29. The van der Waals surface area contributed by atoms with Gasteiger partial charge in [0.25, 0.3) is 0 Å². The van der Waals surface area contributed by atoms with Gasteiger partial charge >= 0.3 is 5.97 Å². The highest BCUT2D eigenvalue weighted by atomic mass is 35.5. The van der Waals surface area contributed by atoms with Gasteiger partial charge in [-0.25, -0.2) is 14.8 Å². The summed E-state index contributed by atoms with van der Waals surface area (Å²) in [6.45, 7) is 2.01. The molecule has 0 unspecified atom stereocenters. The number of esters is 1. The average molecular weight is 444 g/mol. The molecule has 0 amide bonds. The Kier molecular flexibility index (Phi) is 6.99. The first-order chi connectivity index (χ1) is 15.0. The van der Waals surface area contributed by atoms with Crippen molar-refractivity contribution in [1.82, 2.24) is 9.97 Å². The first-order valence-electron chi connectivity index (χ1n) is 9.30. The zero-order valence-electron chi connectivity index (χ0n) is 17.2. The van der Waals surface area contributed by atoms with Crippen LogP contribution in [0.15, 0.2) is 42.7 Å². The molecule has 10 heteroatoms. The molecule has 0 saturated heterocycles. The van der Waals surface area contributed by atoms with Gasteiger partial charge in [0.1, 0.15) is 23.5 Å². The fraction of sp³-hybridized carbons (Fsp3) is 0.190. The minimum Gasteiger partial charge on any atom is -0.495 e. The number of nitrogen functional groups attached to an aromatic ring is 1. The van der Waals surface area contributed by atoms with Crippen LogP contribution in [0.4, 0.5) is 28.7 Å². The molecule has 4 N–H and O–H groups in total. The van der Waals surface area contributed by atoms with E-state index in [1.807, 2.05) is 0 Å². The average Bonchev–Trinajstić information content (AvgIpc) is 2.77. The van der Waals surface area contributed by atoms with Crippen LogP contribution in [0.2, 0.25) is 5.02 Å². The van der Waals surface area contributed by atoms with Gasteiger partial charge in [-0.05, 0) is 25.1 Å². The molecule has 31 heavy (non-hydrogen) atoms. The van der Waals surface area contributed by atoms with Crippen LogP contribution in [0.1, 0.15) is 17.3 Å². The van der Waals surface area contributed by atoms with Crippen LogP contribution in [-0.2, 0) is 4.74 Å². The molecule has 3 rings (SSSR count). The lowest BCUT2D eigenvalue weighted by atomic mass is 10.2. The van der Waals surface area contributed by atoms with E-state index in [0.717, 1.165) is 0 Å². The molecule has 0 spiro atoms. The predicted octanol–water partition coefficient (Wildman–Crippen LogP) is 4.39. The van der Waals surface area contributed by atoms with E-state index >= 15 is 0 Å². The fourth-order valence-electron chi connectivity index (χ4n) is 2.79. The van der Waals surface area contributed by atoms with E-state index in [-0.39, 0.29) is 12.3 Å². The Hall–Kier alpha value is -3.72. The smallest absolute Gasteiger partial charge is 0.340 e. The highest BCUT2D eigenvalue weighted by molar-refractivity contribution is 6.32. The van der Waals surface area contributed by atoms with E-state index in [2.05, 4.69) is 20.6 Å². The van der Waals surface area contributed by atoms with Crippen molar-refractivity contribution in [2.45, 2.75) is 6.92 Å². The summed E-state index contributed by atoms with van der Waals surface area (Å²) < 4.78 is 15.7. The molecule has 1 aromatic heterocycles.